The number of aromatic nitrogens is 3. The second kappa shape index (κ2) is 6.57. The molecule has 0 aliphatic heterocycles. The number of aromatic amines is 1. The minimum Gasteiger partial charge on any atom is -0.508 e. The molecule has 0 aliphatic rings. The lowest BCUT2D eigenvalue weighted by Gasteiger charge is -2.17. The number of aromatic hydroxyl groups is 1. The molecule has 0 radical (unpaired) electrons. The van der Waals surface area contributed by atoms with Crippen molar-refractivity contribution in [2.45, 2.75) is 0 Å². The van der Waals surface area contributed by atoms with Crippen molar-refractivity contribution in [3.63, 3.8) is 0 Å². The molecule has 2 N–H and O–H groups in total. The van der Waals surface area contributed by atoms with Gasteiger partial charge in [0, 0.05) is 18.2 Å². The molecule has 0 atom stereocenters. The molecule has 0 bridgehead atoms. The van der Waals surface area contributed by atoms with E-state index in [2.05, 4.69) is 9.97 Å². The van der Waals surface area contributed by atoms with Crippen molar-refractivity contribution in [2.75, 3.05) is 0 Å². The second-order valence-electron chi connectivity index (χ2n) is 5.53. The standard InChI is InChI=1S/C15H10N4O3.ClHO4/c1-18-13-7-9(20)3-5-12(13)16-14-10-6-8(19(21)22)2-4-11(10)17-15(14)18;2-1(3,4)5/h2-7H,1H3,(H,17,20);(H,2,3,4,5). The third-order valence-corrected chi connectivity index (χ3v) is 3.83. The van der Waals surface area contributed by atoms with Crippen molar-refractivity contribution in [1.82, 2.24) is 9.97 Å². The van der Waals surface area contributed by atoms with E-state index in [0.717, 1.165) is 16.7 Å². The molecule has 0 aliphatic carbocycles. The molecule has 0 unspecified atom stereocenters. The summed E-state index contributed by atoms with van der Waals surface area (Å²) >= 11 is 0. The molecule has 2 aromatic heterocycles. The summed E-state index contributed by atoms with van der Waals surface area (Å²) in [6, 6.07) is 9.59. The molecule has 0 saturated heterocycles. The number of phenolic OH excluding ortho intramolecular Hbond substituents is 1. The second-order valence-corrected chi connectivity index (χ2v) is 6.29. The molecule has 0 amide bonds. The molecule has 4 rings (SSSR count). The highest BCUT2D eigenvalue weighted by molar-refractivity contribution is 6.04. The maximum atomic E-state index is 11.0. The van der Waals surface area contributed by atoms with E-state index in [0.29, 0.717) is 16.4 Å². The monoisotopic (exact) mass is 394 g/mol. The summed E-state index contributed by atoms with van der Waals surface area (Å²) in [4.78, 5) is 18.3. The lowest BCUT2D eigenvalue weighted by atomic mass is 10.2. The number of H-pyrrole nitrogens is 1. The Morgan fingerprint density at radius 1 is 1.15 bits per heavy atom. The topological polar surface area (TPSA) is 188 Å². The van der Waals surface area contributed by atoms with Crippen LogP contribution in [0.15, 0.2) is 36.4 Å². The number of nitrogens with zero attached hydrogens (tertiary/aromatic N) is 3. The predicted octanol–water partition coefficient (Wildman–Crippen LogP) is -2.45. The third kappa shape index (κ3) is 3.86. The quantitative estimate of drug-likeness (QED) is 0.202. The van der Waals surface area contributed by atoms with Gasteiger partial charge in [-0.15, -0.1) is 10.2 Å². The van der Waals surface area contributed by atoms with E-state index in [1.165, 1.54) is 12.1 Å². The Bertz CT molecular complexity index is 1180. The van der Waals surface area contributed by atoms with Crippen molar-refractivity contribution in [2.24, 2.45) is 7.05 Å². The first kappa shape index (κ1) is 18.7. The fourth-order valence-corrected chi connectivity index (χ4v) is 2.74. The average Bonchev–Trinajstić information content (AvgIpc) is 2.92. The Labute approximate surface area is 152 Å². The van der Waals surface area contributed by atoms with Crippen molar-refractivity contribution in [1.29, 1.82) is 0 Å². The molecule has 2 heterocycles. The highest BCUT2D eigenvalue weighted by Gasteiger charge is 2.20. The lowest BCUT2D eigenvalue weighted by Crippen LogP contribution is -2.68. The van der Waals surface area contributed by atoms with Crippen LogP contribution in [-0.2, 0) is 7.05 Å². The number of nitro benzene ring substituents is 1. The minimum atomic E-state index is -4.94. The summed E-state index contributed by atoms with van der Waals surface area (Å²) in [7, 11) is -3.09. The van der Waals surface area contributed by atoms with Crippen molar-refractivity contribution >= 4 is 38.8 Å². The largest absolute Gasteiger partial charge is 0.508 e. The zero-order chi connectivity index (χ0) is 19.9. The number of hydrogen-bond donors (Lipinski definition) is 2. The number of aryl methyl sites for hydroxylation is 1. The number of fused-ring (bicyclic) bond motifs is 4. The molecule has 0 saturated carbocycles. The van der Waals surface area contributed by atoms with Gasteiger partial charge < -0.3 is 5.11 Å². The Morgan fingerprint density at radius 3 is 2.44 bits per heavy atom. The van der Waals surface area contributed by atoms with Gasteiger partial charge in [0.25, 0.3) is 5.69 Å². The van der Waals surface area contributed by atoms with Gasteiger partial charge in [-0.05, 0) is 18.2 Å². The Morgan fingerprint density at radius 2 is 1.81 bits per heavy atom. The Kier molecular flexibility index (Phi) is 4.55. The number of rotatable bonds is 1. The molecule has 4 aromatic rings. The van der Waals surface area contributed by atoms with Crippen LogP contribution in [0, 0.1) is 20.4 Å². The molecule has 0 spiro atoms. The normalized spacial score (nSPS) is 11.6. The van der Waals surface area contributed by atoms with Crippen LogP contribution < -0.4 is 23.2 Å². The molecule has 27 heavy (non-hydrogen) atoms. The Balaban J connectivity index is 0.000000376. The number of nitrogens with one attached hydrogen (secondary N) is 1. The summed E-state index contributed by atoms with van der Waals surface area (Å²) < 4.78 is 35.9. The number of non-ortho nitro benzene ring substituents is 1. The minimum absolute atomic E-state index is 0.0312. The first-order valence-electron chi connectivity index (χ1n) is 7.25. The van der Waals surface area contributed by atoms with Gasteiger partial charge in [-0.3, -0.25) is 10.1 Å². The van der Waals surface area contributed by atoms with E-state index in [1.807, 2.05) is 11.6 Å². The molecule has 140 valence electrons. The molecule has 12 heteroatoms. The van der Waals surface area contributed by atoms with E-state index in [9.17, 15) is 15.2 Å². The molecular formula is C15H11ClN4O7. The molecule has 11 nitrogen and oxygen atoms in total. The first-order chi connectivity index (χ1) is 12.5. The van der Waals surface area contributed by atoms with Crippen LogP contribution in [-0.4, -0.2) is 20.0 Å². The smallest absolute Gasteiger partial charge is 0.306 e. The van der Waals surface area contributed by atoms with E-state index >= 15 is 0 Å². The summed E-state index contributed by atoms with van der Waals surface area (Å²) in [5.41, 5.74) is 3.70. The van der Waals surface area contributed by atoms with Gasteiger partial charge in [0.2, 0.25) is 0 Å². The van der Waals surface area contributed by atoms with E-state index in [1.54, 1.807) is 24.3 Å². The van der Waals surface area contributed by atoms with Gasteiger partial charge in [-0.2, -0.15) is 0 Å². The van der Waals surface area contributed by atoms with Crippen LogP contribution in [0.2, 0.25) is 0 Å². The van der Waals surface area contributed by atoms with Crippen molar-refractivity contribution < 1.29 is 43.5 Å². The Hall–Kier alpha value is -3.09. The summed E-state index contributed by atoms with van der Waals surface area (Å²) in [6.45, 7) is 0. The fourth-order valence-electron chi connectivity index (χ4n) is 2.74. The van der Waals surface area contributed by atoms with Gasteiger partial charge in [0.1, 0.15) is 16.8 Å². The van der Waals surface area contributed by atoms with Gasteiger partial charge in [0.15, 0.2) is 11.0 Å². The van der Waals surface area contributed by atoms with Gasteiger partial charge >= 0.3 is 5.65 Å². The van der Waals surface area contributed by atoms with Crippen molar-refractivity contribution in [3.8, 4) is 5.75 Å². The summed E-state index contributed by atoms with van der Waals surface area (Å²) in [6.07, 6.45) is 0. The van der Waals surface area contributed by atoms with Crippen LogP contribution in [0.1, 0.15) is 0 Å². The lowest BCUT2D eigenvalue weighted by molar-refractivity contribution is -2.00. The summed E-state index contributed by atoms with van der Waals surface area (Å²) in [5, 5.41) is 21.3. The molecule has 2 aromatic carbocycles. The number of phenols is 1. The zero-order valence-electron chi connectivity index (χ0n) is 13.6. The van der Waals surface area contributed by atoms with Crippen LogP contribution in [0.4, 0.5) is 5.69 Å². The van der Waals surface area contributed by atoms with Crippen LogP contribution in [0.25, 0.3) is 33.1 Å². The maximum Gasteiger partial charge on any atom is 0.306 e. The van der Waals surface area contributed by atoms with E-state index in [-0.39, 0.29) is 11.4 Å². The number of hydrogen-bond acceptors (Lipinski definition) is 8. The van der Waals surface area contributed by atoms with Crippen LogP contribution >= 0.6 is 0 Å². The maximum absolute atomic E-state index is 11.0. The predicted molar refractivity (Wildman–Crippen MR) is 80.6 cm³/mol. The number of halogens is 1. The molecular weight excluding hydrogens is 384 g/mol. The van der Waals surface area contributed by atoms with Gasteiger partial charge in [0.05, 0.1) is 17.4 Å². The number of nitro groups is 1. The zero-order valence-corrected chi connectivity index (χ0v) is 14.3. The summed E-state index contributed by atoms with van der Waals surface area (Å²) in [5.74, 6) is 0.163. The average molecular weight is 395 g/mol. The first-order valence-corrected chi connectivity index (χ1v) is 8.48. The SMILES string of the molecule is C[n+]1c2cc(O)ccc2nc2c3cc([N+](=O)[O-])ccc3[nH]c21.[O-][Cl+3]([O-])([O-])[O-]. The van der Waals surface area contributed by atoms with Gasteiger partial charge in [-0.25, -0.2) is 33.2 Å². The van der Waals surface area contributed by atoms with E-state index in [4.69, 9.17) is 18.6 Å². The van der Waals surface area contributed by atoms with Gasteiger partial charge in [-0.1, -0.05) is 0 Å². The van der Waals surface area contributed by atoms with Crippen LogP contribution in [0.5, 0.6) is 5.75 Å². The van der Waals surface area contributed by atoms with Crippen LogP contribution in [0.3, 0.4) is 0 Å². The highest BCUT2D eigenvalue weighted by atomic mass is 35.7. The number of benzene rings is 2. The highest BCUT2D eigenvalue weighted by Crippen LogP contribution is 2.27. The third-order valence-electron chi connectivity index (χ3n) is 3.83. The molecule has 0 fully saturated rings. The fraction of sp³-hybridized carbons (Fsp3) is 0.0667. The van der Waals surface area contributed by atoms with Crippen molar-refractivity contribution in [3.05, 3.63) is 46.5 Å². The van der Waals surface area contributed by atoms with E-state index < -0.39 is 15.2 Å².